The van der Waals surface area contributed by atoms with Crippen molar-refractivity contribution in [2.45, 2.75) is 102 Å². The second kappa shape index (κ2) is 9.30. The van der Waals surface area contributed by atoms with Gasteiger partial charge < -0.3 is 24.2 Å². The first-order valence-corrected chi connectivity index (χ1v) is 13.4. The molecule has 2 bridgehead atoms. The minimum atomic E-state index is -0.498. The van der Waals surface area contributed by atoms with Crippen molar-refractivity contribution < 1.29 is 19.1 Å². The van der Waals surface area contributed by atoms with Crippen molar-refractivity contribution in [3.63, 3.8) is 0 Å². The van der Waals surface area contributed by atoms with Crippen LogP contribution in [-0.2, 0) is 21.4 Å². The largest absolute Gasteiger partial charge is 0.450 e. The molecule has 1 aromatic carbocycles. The lowest BCUT2D eigenvalue weighted by molar-refractivity contribution is 0.00143. The number of rotatable bonds is 2. The lowest BCUT2D eigenvalue weighted by Gasteiger charge is -2.51. The highest BCUT2D eigenvalue weighted by Gasteiger charge is 2.48. The van der Waals surface area contributed by atoms with Crippen LogP contribution in [0, 0.1) is 0 Å². The zero-order valence-corrected chi connectivity index (χ0v) is 21.8. The summed E-state index contributed by atoms with van der Waals surface area (Å²) in [5.74, 6) is 0. The summed E-state index contributed by atoms with van der Waals surface area (Å²) in [5, 5.41) is 0. The van der Waals surface area contributed by atoms with E-state index >= 15 is 0 Å². The summed E-state index contributed by atoms with van der Waals surface area (Å²) < 4.78 is 11.1. The molecule has 3 saturated heterocycles. The van der Waals surface area contributed by atoms with E-state index in [9.17, 15) is 9.59 Å². The van der Waals surface area contributed by atoms with Crippen LogP contribution in [0.3, 0.4) is 0 Å². The van der Waals surface area contributed by atoms with Gasteiger partial charge in [-0.3, -0.25) is 0 Å². The summed E-state index contributed by atoms with van der Waals surface area (Å²) in [5.41, 5.74) is 2.14. The number of fused-ring (bicyclic) bond motifs is 4. The number of amides is 2. The first-order chi connectivity index (χ1) is 16.7. The van der Waals surface area contributed by atoms with Crippen LogP contribution >= 0.6 is 0 Å². The average molecular weight is 484 g/mol. The minimum absolute atomic E-state index is 0.0210. The Hall–Kier alpha value is -2.28. The molecule has 4 aliphatic heterocycles. The average Bonchev–Trinajstić information content (AvgIpc) is 3.08. The van der Waals surface area contributed by atoms with E-state index in [4.69, 9.17) is 9.47 Å². The molecule has 4 heterocycles. The molecule has 3 fully saturated rings. The molecule has 7 heteroatoms. The standard InChI is InChI=1S/C28H41N3O4/c1-5-34-26(33)31-21-10-11-22(31)17-23(16-21)29-14-12-28(13-15-29)19-30(25(32)35-27(2,3)4)18-20-8-6-7-9-24(20)28/h6-9,21-23H,5,10-19H2,1-4H3. The Morgan fingerprint density at radius 3 is 2.29 bits per heavy atom. The number of carbonyl (C=O) groups is 2. The van der Waals surface area contributed by atoms with Crippen LogP contribution in [0.15, 0.2) is 24.3 Å². The molecule has 192 valence electrons. The molecule has 5 rings (SSSR count). The van der Waals surface area contributed by atoms with Crippen LogP contribution in [0.5, 0.6) is 0 Å². The quantitative estimate of drug-likeness (QED) is 0.597. The number of nitrogens with zero attached hydrogens (tertiary/aromatic N) is 3. The highest BCUT2D eigenvalue weighted by molar-refractivity contribution is 5.69. The number of piperidine rings is 2. The van der Waals surface area contributed by atoms with E-state index in [2.05, 4.69) is 29.2 Å². The molecule has 0 N–H and O–H groups in total. The predicted octanol–water partition coefficient (Wildman–Crippen LogP) is 4.92. The van der Waals surface area contributed by atoms with Crippen LogP contribution in [0.1, 0.15) is 77.3 Å². The lowest BCUT2D eigenvalue weighted by atomic mass is 9.68. The Labute approximate surface area is 209 Å². The van der Waals surface area contributed by atoms with Gasteiger partial charge in [0.25, 0.3) is 0 Å². The molecular formula is C28H41N3O4. The topological polar surface area (TPSA) is 62.3 Å². The van der Waals surface area contributed by atoms with Gasteiger partial charge in [0.15, 0.2) is 0 Å². The Morgan fingerprint density at radius 2 is 1.66 bits per heavy atom. The number of likely N-dealkylation sites (tertiary alicyclic amines) is 1. The van der Waals surface area contributed by atoms with E-state index in [0.29, 0.717) is 31.3 Å². The predicted molar refractivity (Wildman–Crippen MR) is 134 cm³/mol. The van der Waals surface area contributed by atoms with Crippen LogP contribution in [0.25, 0.3) is 0 Å². The highest BCUT2D eigenvalue weighted by atomic mass is 16.6. The summed E-state index contributed by atoms with van der Waals surface area (Å²) in [4.78, 5) is 32.1. The lowest BCUT2D eigenvalue weighted by Crippen LogP contribution is -2.58. The Morgan fingerprint density at radius 1 is 1.00 bits per heavy atom. The van der Waals surface area contributed by atoms with Gasteiger partial charge in [-0.25, -0.2) is 9.59 Å². The Kier molecular flexibility index (Phi) is 6.49. The van der Waals surface area contributed by atoms with E-state index in [0.717, 1.165) is 58.2 Å². The second-order valence-electron chi connectivity index (χ2n) is 11.9. The first kappa shape index (κ1) is 24.4. The molecule has 0 aromatic heterocycles. The normalized spacial score (nSPS) is 28.1. The Balaban J connectivity index is 1.28. The smallest absolute Gasteiger partial charge is 0.410 e. The first-order valence-electron chi connectivity index (χ1n) is 13.4. The molecule has 2 unspecified atom stereocenters. The van der Waals surface area contributed by atoms with Crippen molar-refractivity contribution in [2.24, 2.45) is 0 Å². The molecule has 1 spiro atoms. The van der Waals surface area contributed by atoms with Gasteiger partial charge in [-0.15, -0.1) is 0 Å². The molecule has 35 heavy (non-hydrogen) atoms. The summed E-state index contributed by atoms with van der Waals surface area (Å²) in [6.07, 6.45) is 6.01. The fourth-order valence-corrected chi connectivity index (χ4v) is 7.03. The summed E-state index contributed by atoms with van der Waals surface area (Å²) in [6, 6.07) is 9.81. The van der Waals surface area contributed by atoms with Crippen molar-refractivity contribution in [3.8, 4) is 0 Å². The summed E-state index contributed by atoms with van der Waals surface area (Å²) >= 11 is 0. The van der Waals surface area contributed by atoms with Crippen LogP contribution < -0.4 is 0 Å². The van der Waals surface area contributed by atoms with Gasteiger partial charge in [-0.05, 0) is 90.4 Å². The van der Waals surface area contributed by atoms with Gasteiger partial charge in [-0.2, -0.15) is 0 Å². The van der Waals surface area contributed by atoms with Gasteiger partial charge in [0.2, 0.25) is 0 Å². The van der Waals surface area contributed by atoms with Gasteiger partial charge >= 0.3 is 12.2 Å². The van der Waals surface area contributed by atoms with E-state index in [1.807, 2.05) is 37.5 Å². The van der Waals surface area contributed by atoms with Crippen LogP contribution in [0.2, 0.25) is 0 Å². The number of hydrogen-bond acceptors (Lipinski definition) is 5. The summed E-state index contributed by atoms with van der Waals surface area (Å²) in [7, 11) is 0. The highest BCUT2D eigenvalue weighted by Crippen LogP contribution is 2.44. The van der Waals surface area contributed by atoms with Crippen molar-refractivity contribution in [2.75, 3.05) is 26.2 Å². The van der Waals surface area contributed by atoms with Crippen molar-refractivity contribution in [1.29, 1.82) is 0 Å². The third-order valence-electron chi connectivity index (χ3n) is 8.55. The van der Waals surface area contributed by atoms with Crippen LogP contribution in [0.4, 0.5) is 9.59 Å². The second-order valence-corrected chi connectivity index (χ2v) is 11.9. The maximum absolute atomic E-state index is 13.0. The monoisotopic (exact) mass is 483 g/mol. The third kappa shape index (κ3) is 4.76. The SMILES string of the molecule is CCOC(=O)N1C2CCC1CC(N1CCC3(CC1)CN(C(=O)OC(C)(C)C)Cc1ccccc13)C2. The molecule has 0 aliphatic carbocycles. The number of benzene rings is 1. The Bertz CT molecular complexity index is 936. The molecule has 2 amide bonds. The third-order valence-corrected chi connectivity index (χ3v) is 8.55. The molecule has 2 atom stereocenters. The zero-order chi connectivity index (χ0) is 24.8. The zero-order valence-electron chi connectivity index (χ0n) is 21.8. The maximum atomic E-state index is 13.0. The molecule has 0 saturated carbocycles. The fraction of sp³-hybridized carbons (Fsp3) is 0.714. The van der Waals surface area contributed by atoms with E-state index in [1.54, 1.807) is 0 Å². The van der Waals surface area contributed by atoms with Crippen LogP contribution in [-0.4, -0.2) is 76.9 Å². The van der Waals surface area contributed by atoms with Gasteiger partial charge in [0.1, 0.15) is 5.60 Å². The fourth-order valence-electron chi connectivity index (χ4n) is 7.03. The molecule has 7 nitrogen and oxygen atoms in total. The number of carbonyl (C=O) groups excluding carboxylic acids is 2. The maximum Gasteiger partial charge on any atom is 0.410 e. The van der Waals surface area contributed by atoms with Gasteiger partial charge in [0, 0.05) is 36.6 Å². The van der Waals surface area contributed by atoms with E-state index < -0.39 is 5.60 Å². The van der Waals surface area contributed by atoms with Crippen molar-refractivity contribution in [1.82, 2.24) is 14.7 Å². The minimum Gasteiger partial charge on any atom is -0.450 e. The van der Waals surface area contributed by atoms with Crippen molar-refractivity contribution >= 4 is 12.2 Å². The molecular weight excluding hydrogens is 442 g/mol. The summed E-state index contributed by atoms with van der Waals surface area (Å²) in [6.45, 7) is 11.5. The van der Waals surface area contributed by atoms with E-state index in [-0.39, 0.29) is 17.6 Å². The molecule has 4 aliphatic rings. The number of ether oxygens (including phenoxy) is 2. The molecule has 0 radical (unpaired) electrons. The van der Waals surface area contributed by atoms with E-state index in [1.165, 1.54) is 11.1 Å². The van der Waals surface area contributed by atoms with Crippen molar-refractivity contribution in [3.05, 3.63) is 35.4 Å². The van der Waals surface area contributed by atoms with Gasteiger partial charge in [-0.1, -0.05) is 24.3 Å². The molecule has 1 aromatic rings. The van der Waals surface area contributed by atoms with Gasteiger partial charge in [0.05, 0.1) is 6.61 Å². The number of hydrogen-bond donors (Lipinski definition) is 0.